The lowest BCUT2D eigenvalue weighted by Crippen LogP contribution is -2.44. The molecular weight excluding hydrogens is 408 g/mol. The van der Waals surface area contributed by atoms with E-state index in [1.165, 1.54) is 9.87 Å². The normalized spacial score (nSPS) is 12.2. The molecule has 0 bridgehead atoms. The first-order chi connectivity index (χ1) is 14.9. The molecule has 0 aliphatic rings. The quantitative estimate of drug-likeness (QED) is 0.543. The Morgan fingerprint density at radius 2 is 1.48 bits per heavy atom. The Hall–Kier alpha value is -3.12. The Morgan fingerprint density at radius 3 is 2.13 bits per heavy atom. The van der Waals surface area contributed by atoms with Gasteiger partial charge in [0.1, 0.15) is 6.54 Å². The van der Waals surface area contributed by atoms with Crippen molar-refractivity contribution in [3.8, 4) is 0 Å². The number of sulfonamides is 1. The maximum Gasteiger partial charge on any atom is 0.264 e. The number of anilines is 1. The van der Waals surface area contributed by atoms with E-state index in [-0.39, 0.29) is 23.4 Å². The Bertz CT molecular complexity index is 1100. The van der Waals surface area contributed by atoms with Gasteiger partial charge in [-0.2, -0.15) is 0 Å². The molecule has 0 radical (unpaired) electrons. The van der Waals surface area contributed by atoms with Crippen molar-refractivity contribution in [3.05, 3.63) is 96.1 Å². The number of carbonyl (C=O) groups is 1. The van der Waals surface area contributed by atoms with Crippen LogP contribution < -0.4 is 9.62 Å². The Kier molecular flexibility index (Phi) is 7.47. The fourth-order valence-corrected chi connectivity index (χ4v) is 4.92. The van der Waals surface area contributed by atoms with E-state index in [2.05, 4.69) is 17.4 Å². The summed E-state index contributed by atoms with van der Waals surface area (Å²) in [7, 11) is -3.89. The van der Waals surface area contributed by atoms with Crippen LogP contribution in [0.4, 0.5) is 5.69 Å². The third kappa shape index (κ3) is 5.95. The molecule has 0 aliphatic carbocycles. The van der Waals surface area contributed by atoms with E-state index < -0.39 is 10.0 Å². The lowest BCUT2D eigenvalue weighted by molar-refractivity contribution is -0.120. The van der Waals surface area contributed by atoms with Crippen LogP contribution in [-0.2, 0) is 21.2 Å². The smallest absolute Gasteiger partial charge is 0.264 e. The van der Waals surface area contributed by atoms with Gasteiger partial charge in [-0.15, -0.1) is 0 Å². The van der Waals surface area contributed by atoms with Crippen LogP contribution in [0.2, 0.25) is 0 Å². The molecule has 162 valence electrons. The second kappa shape index (κ2) is 10.3. The number of nitrogens with zero attached hydrogens (tertiary/aromatic N) is 1. The van der Waals surface area contributed by atoms with E-state index in [1.807, 2.05) is 44.2 Å². The molecule has 0 saturated heterocycles. The molecule has 3 aromatic rings. The molecule has 0 unspecified atom stereocenters. The highest BCUT2D eigenvalue weighted by molar-refractivity contribution is 7.92. The number of nitrogens with one attached hydrogen (secondary N) is 1. The fourth-order valence-electron chi connectivity index (χ4n) is 3.41. The molecule has 5 nitrogen and oxygen atoms in total. The van der Waals surface area contributed by atoms with Gasteiger partial charge in [0.05, 0.1) is 10.6 Å². The molecule has 1 atom stereocenters. The zero-order valence-electron chi connectivity index (χ0n) is 17.9. The van der Waals surface area contributed by atoms with Crippen molar-refractivity contribution >= 4 is 21.6 Å². The number of aryl methyl sites for hydroxylation is 2. The van der Waals surface area contributed by atoms with E-state index in [9.17, 15) is 13.2 Å². The zero-order chi connectivity index (χ0) is 22.3. The van der Waals surface area contributed by atoms with Crippen molar-refractivity contribution in [1.29, 1.82) is 0 Å². The van der Waals surface area contributed by atoms with Crippen LogP contribution in [0.5, 0.6) is 0 Å². The van der Waals surface area contributed by atoms with Crippen molar-refractivity contribution < 1.29 is 13.2 Å². The summed E-state index contributed by atoms with van der Waals surface area (Å²) in [6, 6.07) is 25.4. The van der Waals surface area contributed by atoms with Gasteiger partial charge in [0, 0.05) is 6.04 Å². The van der Waals surface area contributed by atoms with E-state index in [1.54, 1.807) is 42.5 Å². The molecule has 1 N–H and O–H groups in total. The number of hydrogen-bond acceptors (Lipinski definition) is 3. The number of para-hydroxylation sites is 1. The maximum absolute atomic E-state index is 13.4. The van der Waals surface area contributed by atoms with E-state index in [0.717, 1.165) is 18.4 Å². The lowest BCUT2D eigenvalue weighted by Gasteiger charge is -2.26. The molecule has 0 aromatic heterocycles. The molecule has 3 aromatic carbocycles. The number of benzene rings is 3. The second-order valence-corrected chi connectivity index (χ2v) is 9.47. The van der Waals surface area contributed by atoms with Crippen molar-refractivity contribution in [1.82, 2.24) is 5.32 Å². The number of rotatable bonds is 9. The van der Waals surface area contributed by atoms with Crippen LogP contribution in [0.15, 0.2) is 89.8 Å². The number of amides is 1. The highest BCUT2D eigenvalue weighted by Crippen LogP contribution is 2.26. The molecule has 3 rings (SSSR count). The Labute approximate surface area is 184 Å². The minimum Gasteiger partial charge on any atom is -0.352 e. The van der Waals surface area contributed by atoms with Gasteiger partial charge >= 0.3 is 0 Å². The first kappa shape index (κ1) is 22.6. The molecule has 0 fully saturated rings. The van der Waals surface area contributed by atoms with Gasteiger partial charge in [0.25, 0.3) is 10.0 Å². The zero-order valence-corrected chi connectivity index (χ0v) is 18.7. The van der Waals surface area contributed by atoms with Crippen LogP contribution in [0.25, 0.3) is 0 Å². The van der Waals surface area contributed by atoms with Crippen LogP contribution in [0.3, 0.4) is 0 Å². The van der Waals surface area contributed by atoms with Crippen molar-refractivity contribution in [2.45, 2.75) is 37.6 Å². The summed E-state index contributed by atoms with van der Waals surface area (Å²) in [6.07, 6.45) is 1.61. The third-order valence-corrected chi connectivity index (χ3v) is 6.89. The minimum atomic E-state index is -3.89. The molecular formula is C25H28N2O3S. The number of carbonyl (C=O) groups excluding carboxylic acids is 1. The molecule has 0 aliphatic heterocycles. The van der Waals surface area contributed by atoms with E-state index >= 15 is 0 Å². The van der Waals surface area contributed by atoms with Crippen molar-refractivity contribution in [2.24, 2.45) is 0 Å². The summed E-state index contributed by atoms with van der Waals surface area (Å²) in [5, 5.41) is 2.95. The molecule has 1 amide bonds. The second-order valence-electron chi connectivity index (χ2n) is 7.60. The Balaban J connectivity index is 1.76. The highest BCUT2D eigenvalue weighted by Gasteiger charge is 2.28. The maximum atomic E-state index is 13.4. The first-order valence-electron chi connectivity index (χ1n) is 10.3. The van der Waals surface area contributed by atoms with E-state index in [0.29, 0.717) is 5.69 Å². The highest BCUT2D eigenvalue weighted by atomic mass is 32.2. The molecule has 0 heterocycles. The average Bonchev–Trinajstić information content (AvgIpc) is 2.78. The van der Waals surface area contributed by atoms with Gasteiger partial charge in [-0.05, 0) is 56.0 Å². The van der Waals surface area contributed by atoms with Crippen molar-refractivity contribution in [3.63, 3.8) is 0 Å². The van der Waals surface area contributed by atoms with Crippen LogP contribution in [0.1, 0.15) is 24.5 Å². The summed E-state index contributed by atoms with van der Waals surface area (Å²) < 4.78 is 27.9. The predicted molar refractivity (Wildman–Crippen MR) is 125 cm³/mol. The molecule has 6 heteroatoms. The summed E-state index contributed by atoms with van der Waals surface area (Å²) in [4.78, 5) is 13.0. The summed E-state index contributed by atoms with van der Waals surface area (Å²) in [5.41, 5.74) is 2.49. The Morgan fingerprint density at radius 1 is 0.903 bits per heavy atom. The van der Waals surface area contributed by atoms with Gasteiger partial charge in [-0.25, -0.2) is 8.42 Å². The molecule has 0 spiro atoms. The minimum absolute atomic E-state index is 0.0779. The van der Waals surface area contributed by atoms with E-state index in [4.69, 9.17) is 0 Å². The standard InChI is InChI=1S/C25H28N2O3S/c1-20-11-9-10-16-24(20)27(31(29,30)23-14-7-4-8-15-23)19-25(28)26-21(2)17-18-22-12-5-3-6-13-22/h3-16,21H,17-19H2,1-2H3,(H,26,28)/t21-/m0/s1. The largest absolute Gasteiger partial charge is 0.352 e. The topological polar surface area (TPSA) is 66.5 Å². The van der Waals surface area contributed by atoms with Crippen LogP contribution in [0, 0.1) is 6.92 Å². The van der Waals surface area contributed by atoms with Gasteiger partial charge in [-0.1, -0.05) is 66.7 Å². The molecule has 0 saturated carbocycles. The van der Waals surface area contributed by atoms with Crippen LogP contribution >= 0.6 is 0 Å². The lowest BCUT2D eigenvalue weighted by atomic mass is 10.1. The third-order valence-electron chi connectivity index (χ3n) is 5.12. The van der Waals surface area contributed by atoms with Gasteiger partial charge in [0.2, 0.25) is 5.91 Å². The summed E-state index contributed by atoms with van der Waals surface area (Å²) in [5.74, 6) is -0.330. The van der Waals surface area contributed by atoms with Gasteiger partial charge in [0.15, 0.2) is 0 Å². The predicted octanol–water partition coefficient (Wildman–Crippen LogP) is 4.33. The van der Waals surface area contributed by atoms with Crippen molar-refractivity contribution in [2.75, 3.05) is 10.8 Å². The average molecular weight is 437 g/mol. The van der Waals surface area contributed by atoms with Gasteiger partial charge < -0.3 is 5.32 Å². The first-order valence-corrected chi connectivity index (χ1v) is 11.8. The monoisotopic (exact) mass is 436 g/mol. The number of hydrogen-bond donors (Lipinski definition) is 1. The fraction of sp³-hybridized carbons (Fsp3) is 0.240. The summed E-state index contributed by atoms with van der Waals surface area (Å²) >= 11 is 0. The van der Waals surface area contributed by atoms with Crippen LogP contribution in [-0.4, -0.2) is 26.9 Å². The SMILES string of the molecule is Cc1ccccc1N(CC(=O)N[C@@H](C)CCc1ccccc1)S(=O)(=O)c1ccccc1. The summed E-state index contributed by atoms with van der Waals surface area (Å²) in [6.45, 7) is 3.49. The molecule has 31 heavy (non-hydrogen) atoms. The van der Waals surface area contributed by atoms with Gasteiger partial charge in [-0.3, -0.25) is 9.10 Å².